The van der Waals surface area contributed by atoms with Crippen molar-refractivity contribution in [3.63, 3.8) is 0 Å². The van der Waals surface area contributed by atoms with Crippen molar-refractivity contribution in [3.8, 4) is 0 Å². The number of halogens is 3. The molecule has 3 N–H and O–H groups in total. The Bertz CT molecular complexity index is 1030. The number of hydrogen-bond donors (Lipinski definition) is 3. The molecule has 0 saturated carbocycles. The fraction of sp³-hybridized carbons (Fsp3) is 0.391. The summed E-state index contributed by atoms with van der Waals surface area (Å²) in [6.07, 6.45) is -2.08. The molecule has 1 amide bonds. The molecule has 3 rings (SSSR count). The molecule has 172 valence electrons. The fourth-order valence-corrected chi connectivity index (χ4v) is 3.59. The van der Waals surface area contributed by atoms with E-state index in [1.165, 1.54) is 0 Å². The molecule has 1 aliphatic heterocycles. The number of allylic oxidation sites excluding steroid dienone is 3. The maximum atomic E-state index is 12.6. The van der Waals surface area contributed by atoms with Gasteiger partial charge in [0, 0.05) is 12.0 Å². The Morgan fingerprint density at radius 3 is 2.78 bits per heavy atom. The summed E-state index contributed by atoms with van der Waals surface area (Å²) in [7, 11) is 0. The highest BCUT2D eigenvalue weighted by molar-refractivity contribution is 6.02. The molecule has 1 aromatic carbocycles. The van der Waals surface area contributed by atoms with Crippen LogP contribution in [0.25, 0.3) is 5.57 Å². The average molecular weight is 448 g/mol. The Labute approximate surface area is 184 Å². The lowest BCUT2D eigenvalue weighted by atomic mass is 9.92. The Kier molecular flexibility index (Phi) is 6.96. The van der Waals surface area contributed by atoms with Crippen molar-refractivity contribution in [2.45, 2.75) is 46.0 Å². The molecule has 0 radical (unpaired) electrons. The molecule has 0 saturated heterocycles. The molecule has 2 aromatic rings. The molecule has 0 bridgehead atoms. The summed E-state index contributed by atoms with van der Waals surface area (Å²) < 4.78 is 42.5. The summed E-state index contributed by atoms with van der Waals surface area (Å²) in [6.45, 7) is 9.31. The van der Waals surface area contributed by atoms with Crippen molar-refractivity contribution in [2.24, 2.45) is 5.92 Å². The van der Waals surface area contributed by atoms with Crippen molar-refractivity contribution in [3.05, 3.63) is 65.2 Å². The van der Waals surface area contributed by atoms with E-state index in [2.05, 4.69) is 27.4 Å². The molecule has 32 heavy (non-hydrogen) atoms. The zero-order valence-electron chi connectivity index (χ0n) is 18.3. The first-order valence-electron chi connectivity index (χ1n) is 10.3. The Hall–Kier alpha value is -3.23. The van der Waals surface area contributed by atoms with E-state index >= 15 is 0 Å². The third-order valence-electron chi connectivity index (χ3n) is 5.48. The van der Waals surface area contributed by atoms with Crippen LogP contribution in [0.2, 0.25) is 0 Å². The Morgan fingerprint density at radius 2 is 2.09 bits per heavy atom. The Morgan fingerprint density at radius 1 is 1.34 bits per heavy atom. The number of H-pyrrole nitrogens is 1. The number of fused-ring (bicyclic) bond motifs is 1. The lowest BCUT2D eigenvalue weighted by Crippen LogP contribution is -2.39. The number of para-hydroxylation sites is 1. The molecular formula is C23H27F3N4O2. The van der Waals surface area contributed by atoms with Crippen LogP contribution >= 0.6 is 0 Å². The second kappa shape index (κ2) is 9.50. The van der Waals surface area contributed by atoms with Crippen molar-refractivity contribution < 1.29 is 22.7 Å². The van der Waals surface area contributed by atoms with Gasteiger partial charge in [-0.05, 0) is 43.0 Å². The number of aryl methyl sites for hydroxylation is 1. The number of nitrogens with zero attached hydrogens (tertiary/aromatic N) is 1. The molecule has 2 atom stereocenters. The molecule has 0 spiro atoms. The molecule has 9 heteroatoms. The zero-order valence-corrected chi connectivity index (χ0v) is 18.3. The summed E-state index contributed by atoms with van der Waals surface area (Å²) in [5, 5.41) is 13.4. The molecular weight excluding hydrogens is 421 g/mol. The zero-order chi connectivity index (χ0) is 23.5. The number of alkyl halides is 3. The van der Waals surface area contributed by atoms with Crippen LogP contribution in [-0.4, -0.2) is 28.9 Å². The smallest absolute Gasteiger partial charge is 0.392 e. The monoisotopic (exact) mass is 448 g/mol. The van der Waals surface area contributed by atoms with E-state index in [1.54, 1.807) is 25.3 Å². The Balaban J connectivity index is 1.71. The molecule has 6 nitrogen and oxygen atoms in total. The van der Waals surface area contributed by atoms with E-state index in [4.69, 9.17) is 4.74 Å². The number of hydrogen-bond acceptors (Lipinski definition) is 4. The predicted octanol–water partition coefficient (Wildman–Crippen LogP) is 5.48. The van der Waals surface area contributed by atoms with Gasteiger partial charge in [-0.15, -0.1) is 0 Å². The summed E-state index contributed by atoms with van der Waals surface area (Å²) >= 11 is 0. The number of aromatic nitrogens is 2. The summed E-state index contributed by atoms with van der Waals surface area (Å²) in [5.74, 6) is 0.143. The van der Waals surface area contributed by atoms with Gasteiger partial charge in [-0.3, -0.25) is 9.89 Å². The lowest BCUT2D eigenvalue weighted by Gasteiger charge is -2.29. The van der Waals surface area contributed by atoms with Crippen molar-refractivity contribution in [1.29, 1.82) is 0 Å². The molecule has 2 heterocycles. The van der Waals surface area contributed by atoms with Gasteiger partial charge < -0.3 is 15.4 Å². The van der Waals surface area contributed by atoms with Crippen LogP contribution in [-0.2, 0) is 4.74 Å². The summed E-state index contributed by atoms with van der Waals surface area (Å²) in [6, 6.07) is 5.52. The number of carbonyl (C=O) groups excluding carboxylic acids is 1. The summed E-state index contributed by atoms with van der Waals surface area (Å²) in [5.41, 5.74) is 4.40. The van der Waals surface area contributed by atoms with E-state index in [0.717, 1.165) is 16.8 Å². The number of ether oxygens (including phenoxy) is 1. The maximum absolute atomic E-state index is 12.6. The SMILES string of the molecule is C=C(c1[nH]ncc1C1NC(=O)c2cccc(C)c2N1)C(C)C/C(=C\C)OCCC(F)(F)F. The van der Waals surface area contributed by atoms with Crippen molar-refractivity contribution in [1.82, 2.24) is 15.5 Å². The second-order valence-corrected chi connectivity index (χ2v) is 7.85. The first-order chi connectivity index (χ1) is 15.1. The van der Waals surface area contributed by atoms with E-state index in [9.17, 15) is 18.0 Å². The van der Waals surface area contributed by atoms with Gasteiger partial charge in [0.1, 0.15) is 6.17 Å². The number of anilines is 1. The number of benzene rings is 1. The highest BCUT2D eigenvalue weighted by Gasteiger charge is 2.30. The first-order valence-corrected chi connectivity index (χ1v) is 10.3. The largest absolute Gasteiger partial charge is 0.498 e. The van der Waals surface area contributed by atoms with E-state index in [1.807, 2.05) is 26.0 Å². The highest BCUT2D eigenvalue weighted by Crippen LogP contribution is 2.34. The third kappa shape index (κ3) is 5.33. The highest BCUT2D eigenvalue weighted by atomic mass is 19.4. The molecule has 2 unspecified atom stereocenters. The van der Waals surface area contributed by atoms with Crippen LogP contribution in [0.4, 0.5) is 18.9 Å². The van der Waals surface area contributed by atoms with Gasteiger partial charge in [0.05, 0.1) is 41.9 Å². The van der Waals surface area contributed by atoms with Gasteiger partial charge in [-0.25, -0.2) is 0 Å². The van der Waals surface area contributed by atoms with Gasteiger partial charge in [-0.1, -0.05) is 25.6 Å². The second-order valence-electron chi connectivity index (χ2n) is 7.85. The number of nitrogens with one attached hydrogen (secondary N) is 3. The van der Waals surface area contributed by atoms with Crippen LogP contribution in [0.5, 0.6) is 0 Å². The fourth-order valence-electron chi connectivity index (χ4n) is 3.59. The van der Waals surface area contributed by atoms with E-state index in [-0.39, 0.29) is 11.8 Å². The normalized spacial score (nSPS) is 17.2. The predicted molar refractivity (Wildman–Crippen MR) is 117 cm³/mol. The maximum Gasteiger partial charge on any atom is 0.392 e. The first kappa shape index (κ1) is 23.4. The van der Waals surface area contributed by atoms with E-state index < -0.39 is 25.4 Å². The minimum absolute atomic E-state index is 0.139. The van der Waals surface area contributed by atoms with Crippen LogP contribution in [0, 0.1) is 12.8 Å². The average Bonchev–Trinajstić information content (AvgIpc) is 3.22. The van der Waals surface area contributed by atoms with Crippen molar-refractivity contribution >= 4 is 17.2 Å². The number of rotatable bonds is 8. The minimum atomic E-state index is -4.26. The van der Waals surface area contributed by atoms with Crippen LogP contribution in [0.15, 0.2) is 42.8 Å². The van der Waals surface area contributed by atoms with Gasteiger partial charge in [-0.2, -0.15) is 18.3 Å². The minimum Gasteiger partial charge on any atom is -0.498 e. The third-order valence-corrected chi connectivity index (χ3v) is 5.48. The molecule has 1 aromatic heterocycles. The lowest BCUT2D eigenvalue weighted by molar-refractivity contribution is -0.142. The van der Waals surface area contributed by atoms with Crippen molar-refractivity contribution in [2.75, 3.05) is 11.9 Å². The van der Waals surface area contributed by atoms with Gasteiger partial charge in [0.25, 0.3) is 5.91 Å². The standard InChI is InChI=1S/C23H27F3N4O2/c1-5-16(32-10-9-23(24,25)26)11-14(3)15(4)20-18(12-27-30-20)21-28-19-13(2)7-6-8-17(19)22(31)29-21/h5-8,12,14,21,28H,4,9-11H2,1-3H3,(H,27,30)(H,29,31)/b16-5+. The topological polar surface area (TPSA) is 79.0 Å². The summed E-state index contributed by atoms with van der Waals surface area (Å²) in [4.78, 5) is 12.6. The number of aromatic amines is 1. The van der Waals surface area contributed by atoms with Gasteiger partial charge in [0.2, 0.25) is 0 Å². The quantitative estimate of drug-likeness (QED) is 0.467. The molecule has 1 aliphatic rings. The number of amides is 1. The molecule has 0 aliphatic carbocycles. The number of carbonyl (C=O) groups is 1. The van der Waals surface area contributed by atoms with Crippen LogP contribution < -0.4 is 10.6 Å². The van der Waals surface area contributed by atoms with E-state index in [0.29, 0.717) is 29.0 Å². The van der Waals surface area contributed by atoms with Crippen LogP contribution in [0.1, 0.15) is 60.0 Å². The van der Waals surface area contributed by atoms with Gasteiger partial charge >= 0.3 is 6.18 Å². The van der Waals surface area contributed by atoms with Crippen LogP contribution in [0.3, 0.4) is 0 Å². The molecule has 0 fully saturated rings. The van der Waals surface area contributed by atoms with Gasteiger partial charge in [0.15, 0.2) is 0 Å².